The van der Waals surface area contributed by atoms with Crippen molar-refractivity contribution >= 4 is 22.4 Å². The Kier molecular flexibility index (Phi) is 8.26. The molecule has 12 heteroatoms. The molecule has 1 atom stereocenters. The molecular formula is C18H25F4N3O4S. The molecule has 1 aliphatic heterocycles. The predicted octanol–water partition coefficient (Wildman–Crippen LogP) is 3.07. The van der Waals surface area contributed by atoms with Gasteiger partial charge in [0.1, 0.15) is 4.88 Å². The molecule has 1 saturated heterocycles. The molecule has 0 spiro atoms. The number of hydrogen-bond acceptors (Lipinski definition) is 8. The van der Waals surface area contributed by atoms with Crippen LogP contribution in [0.5, 0.6) is 0 Å². The second kappa shape index (κ2) is 10.7. The molecule has 0 radical (unpaired) electrons. The van der Waals surface area contributed by atoms with Crippen LogP contribution in [0.1, 0.15) is 28.9 Å². The molecule has 2 aliphatic rings. The number of methoxy groups -OCH3 is 1. The third kappa shape index (κ3) is 6.25. The number of hydrogen-bond donors (Lipinski definition) is 0. The van der Waals surface area contributed by atoms with Gasteiger partial charge >= 0.3 is 19.2 Å². The molecule has 1 aromatic heterocycles. The SMILES string of the molecule is COC(=O)c1cnc(N2CCN(CCC3CC(OC(F)F)C3)C[C@H]2COC(F)F)s1. The molecule has 0 aromatic carbocycles. The van der Waals surface area contributed by atoms with Crippen LogP contribution >= 0.6 is 11.3 Å². The Balaban J connectivity index is 1.53. The minimum Gasteiger partial charge on any atom is -0.465 e. The number of halogens is 4. The number of ether oxygens (including phenoxy) is 3. The van der Waals surface area contributed by atoms with Crippen molar-refractivity contribution in [3.05, 3.63) is 11.1 Å². The van der Waals surface area contributed by atoms with E-state index < -0.39 is 19.2 Å². The molecule has 0 N–H and O–H groups in total. The summed E-state index contributed by atoms with van der Waals surface area (Å²) >= 11 is 1.15. The lowest BCUT2D eigenvalue weighted by Crippen LogP contribution is -2.55. The fourth-order valence-electron chi connectivity index (χ4n) is 3.83. The molecule has 0 bridgehead atoms. The van der Waals surface area contributed by atoms with Crippen LogP contribution in [0.25, 0.3) is 0 Å². The molecule has 170 valence electrons. The average Bonchev–Trinajstić information content (AvgIpc) is 3.17. The van der Waals surface area contributed by atoms with E-state index >= 15 is 0 Å². The number of aromatic nitrogens is 1. The summed E-state index contributed by atoms with van der Waals surface area (Å²) in [6, 6.07) is -0.347. The van der Waals surface area contributed by atoms with E-state index in [0.717, 1.165) is 24.3 Å². The standard InChI is InChI=1S/C18H25F4N3O4S/c1-27-15(26)14-8-23-18(30-14)25-5-4-24(9-12(25)10-28-16(19)20)3-2-11-6-13(7-11)29-17(21)22/h8,11-13,16-17H,2-7,9-10H2,1H3/t11?,12-,13?/m0/s1. The zero-order valence-corrected chi connectivity index (χ0v) is 17.3. The number of thiazole rings is 1. The van der Waals surface area contributed by atoms with E-state index in [-0.39, 0.29) is 18.8 Å². The molecule has 0 unspecified atom stereocenters. The first-order valence-corrected chi connectivity index (χ1v) is 10.5. The highest BCUT2D eigenvalue weighted by Crippen LogP contribution is 2.34. The van der Waals surface area contributed by atoms with E-state index in [0.29, 0.717) is 48.4 Å². The van der Waals surface area contributed by atoms with Crippen molar-refractivity contribution in [2.75, 3.05) is 44.8 Å². The van der Waals surface area contributed by atoms with Crippen molar-refractivity contribution in [2.45, 2.75) is 44.6 Å². The van der Waals surface area contributed by atoms with Gasteiger partial charge in [0.15, 0.2) is 5.13 Å². The smallest absolute Gasteiger partial charge is 0.349 e. The molecule has 3 rings (SSSR count). The van der Waals surface area contributed by atoms with E-state index in [9.17, 15) is 22.4 Å². The summed E-state index contributed by atoms with van der Waals surface area (Å²) in [7, 11) is 1.28. The van der Waals surface area contributed by atoms with Gasteiger partial charge in [-0.3, -0.25) is 4.90 Å². The van der Waals surface area contributed by atoms with Crippen LogP contribution < -0.4 is 4.90 Å². The number of carbonyl (C=O) groups excluding carboxylic acids is 1. The van der Waals surface area contributed by atoms with Gasteiger partial charge < -0.3 is 19.1 Å². The van der Waals surface area contributed by atoms with Crippen LogP contribution in [0, 0.1) is 5.92 Å². The minimum atomic E-state index is -2.87. The minimum absolute atomic E-state index is 0.172. The number of anilines is 1. The fraction of sp³-hybridized carbons (Fsp3) is 0.778. The number of alkyl halides is 4. The zero-order chi connectivity index (χ0) is 21.7. The van der Waals surface area contributed by atoms with Gasteiger partial charge in [-0.1, -0.05) is 11.3 Å². The number of esters is 1. The lowest BCUT2D eigenvalue weighted by atomic mass is 9.80. The largest absolute Gasteiger partial charge is 0.465 e. The number of piperazine rings is 1. The van der Waals surface area contributed by atoms with Gasteiger partial charge in [-0.15, -0.1) is 0 Å². The lowest BCUT2D eigenvalue weighted by molar-refractivity contribution is -0.191. The van der Waals surface area contributed by atoms with Crippen molar-refractivity contribution in [2.24, 2.45) is 5.92 Å². The second-order valence-electron chi connectivity index (χ2n) is 7.39. The molecule has 0 amide bonds. The Morgan fingerprint density at radius 3 is 2.70 bits per heavy atom. The molecule has 2 heterocycles. The van der Waals surface area contributed by atoms with Crippen molar-refractivity contribution in [1.82, 2.24) is 9.88 Å². The first kappa shape index (κ1) is 23.2. The molecule has 30 heavy (non-hydrogen) atoms. The summed E-state index contributed by atoms with van der Waals surface area (Å²) in [6.45, 7) is -3.28. The van der Waals surface area contributed by atoms with Crippen molar-refractivity contribution in [3.8, 4) is 0 Å². The first-order valence-electron chi connectivity index (χ1n) is 9.72. The van der Waals surface area contributed by atoms with Crippen LogP contribution in [0.2, 0.25) is 0 Å². The van der Waals surface area contributed by atoms with Crippen LogP contribution in [0.4, 0.5) is 22.7 Å². The van der Waals surface area contributed by atoms with E-state index in [2.05, 4.69) is 24.1 Å². The Hall–Kier alpha value is -1.50. The van der Waals surface area contributed by atoms with Gasteiger partial charge in [-0.2, -0.15) is 17.6 Å². The lowest BCUT2D eigenvalue weighted by Gasteiger charge is -2.42. The topological polar surface area (TPSA) is 64.1 Å². The zero-order valence-electron chi connectivity index (χ0n) is 16.5. The van der Waals surface area contributed by atoms with E-state index in [4.69, 9.17) is 0 Å². The van der Waals surface area contributed by atoms with Gasteiger partial charge in [0, 0.05) is 19.6 Å². The van der Waals surface area contributed by atoms with E-state index in [1.54, 1.807) is 0 Å². The predicted molar refractivity (Wildman–Crippen MR) is 101 cm³/mol. The molecule has 1 aliphatic carbocycles. The number of nitrogens with zero attached hydrogens (tertiary/aromatic N) is 3. The van der Waals surface area contributed by atoms with Crippen molar-refractivity contribution < 1.29 is 36.6 Å². The maximum absolute atomic E-state index is 12.6. The van der Waals surface area contributed by atoms with Gasteiger partial charge in [0.05, 0.1) is 32.1 Å². The van der Waals surface area contributed by atoms with Crippen LogP contribution in [-0.4, -0.2) is 81.1 Å². The van der Waals surface area contributed by atoms with E-state index in [1.807, 2.05) is 4.90 Å². The summed E-state index contributed by atoms with van der Waals surface area (Å²) in [5, 5.41) is 0.559. The van der Waals surface area contributed by atoms with Gasteiger partial charge in [-0.25, -0.2) is 9.78 Å². The summed E-state index contributed by atoms with van der Waals surface area (Å²) in [5.41, 5.74) is 0. The van der Waals surface area contributed by atoms with Gasteiger partial charge in [0.2, 0.25) is 0 Å². The number of rotatable bonds is 10. The summed E-state index contributed by atoms with van der Waals surface area (Å²) in [5.74, 6) is -0.156. The number of carbonyl (C=O) groups is 1. The Morgan fingerprint density at radius 1 is 1.27 bits per heavy atom. The highest BCUT2D eigenvalue weighted by atomic mass is 32.1. The molecular weight excluding hydrogens is 430 g/mol. The third-order valence-electron chi connectivity index (χ3n) is 5.45. The molecule has 2 fully saturated rings. The average molecular weight is 455 g/mol. The molecule has 7 nitrogen and oxygen atoms in total. The summed E-state index contributed by atoms with van der Waals surface area (Å²) in [6.07, 6.45) is 3.13. The van der Waals surface area contributed by atoms with Crippen LogP contribution in [-0.2, 0) is 14.2 Å². The Bertz CT molecular complexity index is 690. The third-order valence-corrected chi connectivity index (χ3v) is 6.46. The van der Waals surface area contributed by atoms with Crippen molar-refractivity contribution in [1.29, 1.82) is 0 Å². The van der Waals surface area contributed by atoms with Crippen LogP contribution in [0.15, 0.2) is 6.20 Å². The van der Waals surface area contributed by atoms with E-state index in [1.165, 1.54) is 13.3 Å². The molecule has 1 aromatic rings. The fourth-order valence-corrected chi connectivity index (χ4v) is 4.76. The highest BCUT2D eigenvalue weighted by molar-refractivity contribution is 7.17. The maximum atomic E-state index is 12.6. The maximum Gasteiger partial charge on any atom is 0.349 e. The second-order valence-corrected chi connectivity index (χ2v) is 8.39. The quantitative estimate of drug-likeness (QED) is 0.397. The highest BCUT2D eigenvalue weighted by Gasteiger charge is 2.34. The van der Waals surface area contributed by atoms with Crippen LogP contribution in [0.3, 0.4) is 0 Å². The summed E-state index contributed by atoms with van der Waals surface area (Å²) in [4.78, 5) is 20.3. The monoisotopic (exact) mass is 455 g/mol. The Labute approximate surface area is 175 Å². The molecule has 1 saturated carbocycles. The normalized spacial score (nSPS) is 25.0. The Morgan fingerprint density at radius 2 is 2.03 bits per heavy atom. The van der Waals surface area contributed by atoms with Gasteiger partial charge in [0.25, 0.3) is 0 Å². The van der Waals surface area contributed by atoms with Crippen molar-refractivity contribution in [3.63, 3.8) is 0 Å². The van der Waals surface area contributed by atoms with Gasteiger partial charge in [-0.05, 0) is 31.7 Å². The summed E-state index contributed by atoms with van der Waals surface area (Å²) < 4.78 is 63.4. The first-order chi connectivity index (χ1) is 14.4.